The smallest absolute Gasteiger partial charge is 0.338 e. The summed E-state index contributed by atoms with van der Waals surface area (Å²) in [4.78, 5) is 33.4. The van der Waals surface area contributed by atoms with Gasteiger partial charge in [-0.15, -0.1) is 0 Å². The molecule has 1 aromatic heterocycles. The first kappa shape index (κ1) is 26.3. The second-order valence-electron chi connectivity index (χ2n) is 9.43. The van der Waals surface area contributed by atoms with Crippen molar-refractivity contribution in [3.63, 3.8) is 0 Å². The van der Waals surface area contributed by atoms with Gasteiger partial charge >= 0.3 is 5.97 Å². The summed E-state index contributed by atoms with van der Waals surface area (Å²) in [6.07, 6.45) is 1.76. The number of carbonyl (C=O) groups is 1. The molecule has 0 unspecified atom stereocenters. The van der Waals surface area contributed by atoms with Crippen molar-refractivity contribution < 1.29 is 19.4 Å². The number of phenols is 1. The van der Waals surface area contributed by atoms with E-state index < -0.39 is 12.0 Å². The van der Waals surface area contributed by atoms with E-state index in [1.165, 1.54) is 11.3 Å². The summed E-state index contributed by atoms with van der Waals surface area (Å²) < 4.78 is 13.5. The summed E-state index contributed by atoms with van der Waals surface area (Å²) in [5.74, 6) is 0.124. The molecular formula is C33H26N2O5S. The summed E-state index contributed by atoms with van der Waals surface area (Å²) in [6.45, 7) is 1.91. The van der Waals surface area contributed by atoms with E-state index in [0.29, 0.717) is 26.3 Å². The Labute approximate surface area is 239 Å². The normalized spacial score (nSPS) is 15.0. The van der Waals surface area contributed by atoms with Gasteiger partial charge in [0.15, 0.2) is 4.80 Å². The zero-order valence-electron chi connectivity index (χ0n) is 22.4. The third kappa shape index (κ3) is 4.72. The van der Waals surface area contributed by atoms with Crippen molar-refractivity contribution in [3.05, 3.63) is 133 Å². The van der Waals surface area contributed by atoms with Gasteiger partial charge in [0.2, 0.25) is 0 Å². The first-order valence-electron chi connectivity index (χ1n) is 13.1. The van der Waals surface area contributed by atoms with Crippen LogP contribution in [0.25, 0.3) is 22.5 Å². The van der Waals surface area contributed by atoms with Gasteiger partial charge in [-0.05, 0) is 47.5 Å². The molecule has 2 heterocycles. The summed E-state index contributed by atoms with van der Waals surface area (Å²) in [5, 5.41) is 11.5. The Morgan fingerprint density at radius 2 is 1.73 bits per heavy atom. The van der Waals surface area contributed by atoms with Crippen LogP contribution in [-0.4, -0.2) is 29.4 Å². The van der Waals surface area contributed by atoms with Gasteiger partial charge in [-0.3, -0.25) is 9.36 Å². The number of benzene rings is 4. The Hall–Kier alpha value is -4.95. The third-order valence-electron chi connectivity index (χ3n) is 6.99. The molecule has 1 aliphatic rings. The molecular weight excluding hydrogens is 536 g/mol. The maximum atomic E-state index is 14.2. The number of hydrogen-bond acceptors (Lipinski definition) is 7. The average Bonchev–Trinajstić information content (AvgIpc) is 3.31. The predicted molar refractivity (Wildman–Crippen MR) is 160 cm³/mol. The van der Waals surface area contributed by atoms with Crippen molar-refractivity contribution in [3.8, 4) is 11.5 Å². The van der Waals surface area contributed by atoms with Gasteiger partial charge < -0.3 is 14.6 Å². The molecule has 1 atom stereocenters. The fourth-order valence-electron chi connectivity index (χ4n) is 5.17. The number of esters is 1. The van der Waals surface area contributed by atoms with Crippen LogP contribution in [0.2, 0.25) is 0 Å². The van der Waals surface area contributed by atoms with Crippen molar-refractivity contribution in [2.45, 2.75) is 13.0 Å². The van der Waals surface area contributed by atoms with E-state index in [9.17, 15) is 14.7 Å². The molecule has 0 saturated carbocycles. The summed E-state index contributed by atoms with van der Waals surface area (Å²) in [7, 11) is 1.58. The van der Waals surface area contributed by atoms with Crippen LogP contribution in [0.4, 0.5) is 0 Å². The van der Waals surface area contributed by atoms with Crippen LogP contribution < -0.4 is 19.6 Å². The minimum atomic E-state index is -0.872. The maximum Gasteiger partial charge on any atom is 0.338 e. The van der Waals surface area contributed by atoms with Crippen LogP contribution >= 0.6 is 11.3 Å². The molecule has 0 amide bonds. The topological polar surface area (TPSA) is 90.1 Å². The van der Waals surface area contributed by atoms with Crippen molar-refractivity contribution >= 4 is 39.9 Å². The Morgan fingerprint density at radius 1 is 1.00 bits per heavy atom. The third-order valence-corrected chi connectivity index (χ3v) is 7.97. The van der Waals surface area contributed by atoms with Crippen LogP contribution in [0.1, 0.15) is 29.7 Å². The maximum absolute atomic E-state index is 14.2. The van der Waals surface area contributed by atoms with E-state index in [1.807, 2.05) is 66.7 Å². The van der Waals surface area contributed by atoms with Crippen LogP contribution in [0.5, 0.6) is 11.5 Å². The number of aromatic hydroxyl groups is 1. The summed E-state index contributed by atoms with van der Waals surface area (Å²) >= 11 is 1.24. The van der Waals surface area contributed by atoms with Crippen molar-refractivity contribution in [1.29, 1.82) is 0 Å². The van der Waals surface area contributed by atoms with E-state index in [4.69, 9.17) is 14.5 Å². The standard InChI is InChI=1S/C33H26N2O5S/c1-3-40-32(38)28-29(22-10-5-4-6-11-22)34-33-35(31(37)26(41-33)19-20-13-16-23(36)17-14-20)30(28)27-24-12-8-7-9-21(24)15-18-25(27)39-2/h4-19,30,36H,3H2,1-2H3/b26-19+/t30-/m1/s1. The molecule has 4 aromatic carbocycles. The number of thiazole rings is 1. The van der Waals surface area contributed by atoms with Crippen LogP contribution in [0, 0.1) is 0 Å². The highest BCUT2D eigenvalue weighted by atomic mass is 32.1. The molecule has 0 fully saturated rings. The predicted octanol–water partition coefficient (Wildman–Crippen LogP) is 4.80. The lowest BCUT2D eigenvalue weighted by Gasteiger charge is -2.28. The number of carbonyl (C=O) groups excluding carboxylic acids is 1. The van der Waals surface area contributed by atoms with E-state index in [-0.39, 0.29) is 23.5 Å². The molecule has 0 radical (unpaired) electrons. The van der Waals surface area contributed by atoms with Crippen molar-refractivity contribution in [2.75, 3.05) is 13.7 Å². The second-order valence-corrected chi connectivity index (χ2v) is 10.4. The molecule has 0 spiro atoms. The number of fused-ring (bicyclic) bond motifs is 2. The summed E-state index contributed by atoms with van der Waals surface area (Å²) in [6, 6.07) is 26.8. The monoisotopic (exact) mass is 562 g/mol. The van der Waals surface area contributed by atoms with Gasteiger partial charge in [0.25, 0.3) is 5.56 Å². The highest BCUT2D eigenvalue weighted by Crippen LogP contribution is 2.42. The highest BCUT2D eigenvalue weighted by Gasteiger charge is 2.37. The SMILES string of the molecule is CCOC(=O)C1=C(c2ccccc2)N=c2s/c(=C/c3ccc(O)cc3)c(=O)n2[C@@H]1c1c(OC)ccc2ccccc12. The lowest BCUT2D eigenvalue weighted by molar-refractivity contribution is -0.138. The molecule has 0 bridgehead atoms. The Balaban J connectivity index is 1.75. The van der Waals surface area contributed by atoms with Crippen molar-refractivity contribution in [2.24, 2.45) is 4.99 Å². The number of aromatic nitrogens is 1. The van der Waals surface area contributed by atoms with Gasteiger partial charge in [-0.25, -0.2) is 9.79 Å². The van der Waals surface area contributed by atoms with Gasteiger partial charge in [-0.2, -0.15) is 0 Å². The number of phenolic OH excluding ortho intramolecular Hbond substituents is 1. The first-order valence-corrected chi connectivity index (χ1v) is 13.9. The van der Waals surface area contributed by atoms with E-state index in [1.54, 1.807) is 48.9 Å². The largest absolute Gasteiger partial charge is 0.508 e. The molecule has 8 heteroatoms. The number of nitrogens with zero attached hydrogens (tertiary/aromatic N) is 2. The first-order chi connectivity index (χ1) is 20.0. The fourth-order valence-corrected chi connectivity index (χ4v) is 6.17. The molecule has 5 aromatic rings. The molecule has 7 nitrogen and oxygen atoms in total. The van der Waals surface area contributed by atoms with Crippen molar-refractivity contribution in [1.82, 2.24) is 4.57 Å². The molecule has 6 rings (SSSR count). The van der Waals surface area contributed by atoms with Crippen LogP contribution in [0.3, 0.4) is 0 Å². The van der Waals surface area contributed by atoms with Crippen LogP contribution in [-0.2, 0) is 9.53 Å². The highest BCUT2D eigenvalue weighted by molar-refractivity contribution is 7.07. The van der Waals surface area contributed by atoms with E-state index in [2.05, 4.69) is 0 Å². The number of ether oxygens (including phenoxy) is 2. The summed E-state index contributed by atoms with van der Waals surface area (Å²) in [5.41, 5.74) is 2.57. The lowest BCUT2D eigenvalue weighted by atomic mass is 9.89. The Kier molecular flexibility index (Phi) is 6.99. The molecule has 0 aliphatic carbocycles. The fraction of sp³-hybridized carbons (Fsp3) is 0.121. The van der Waals surface area contributed by atoms with Gasteiger partial charge in [0, 0.05) is 11.1 Å². The average molecular weight is 563 g/mol. The quantitative estimate of drug-likeness (QED) is 0.300. The van der Waals surface area contributed by atoms with Gasteiger partial charge in [0.1, 0.15) is 17.5 Å². The molecule has 0 saturated heterocycles. The van der Waals surface area contributed by atoms with Crippen LogP contribution in [0.15, 0.2) is 106 Å². The number of rotatable bonds is 6. The van der Waals surface area contributed by atoms with E-state index in [0.717, 1.165) is 21.9 Å². The molecule has 204 valence electrons. The van der Waals surface area contributed by atoms with Gasteiger partial charge in [-0.1, -0.05) is 84.1 Å². The molecule has 1 aliphatic heterocycles. The number of methoxy groups -OCH3 is 1. The molecule has 1 N–H and O–H groups in total. The lowest BCUT2D eigenvalue weighted by Crippen LogP contribution is -2.40. The second kappa shape index (κ2) is 10.9. The zero-order chi connectivity index (χ0) is 28.5. The van der Waals surface area contributed by atoms with Gasteiger partial charge in [0.05, 0.1) is 29.5 Å². The minimum Gasteiger partial charge on any atom is -0.508 e. The Morgan fingerprint density at radius 3 is 2.46 bits per heavy atom. The van der Waals surface area contributed by atoms with E-state index >= 15 is 0 Å². The minimum absolute atomic E-state index is 0.137. The number of hydrogen-bond donors (Lipinski definition) is 1. The zero-order valence-corrected chi connectivity index (χ0v) is 23.2. The Bertz CT molecular complexity index is 1990. The molecule has 41 heavy (non-hydrogen) atoms.